The van der Waals surface area contributed by atoms with Gasteiger partial charge in [0.2, 0.25) is 0 Å². The maximum atomic E-state index is 12.3. The second-order valence-electron chi connectivity index (χ2n) is 1.55. The third-order valence-electron chi connectivity index (χ3n) is 0.915. The lowest BCUT2D eigenvalue weighted by molar-refractivity contribution is 0.629. The first kappa shape index (κ1) is 6.36. The summed E-state index contributed by atoms with van der Waals surface area (Å²) in [5, 5.41) is -0.0579. The van der Waals surface area contributed by atoms with E-state index in [1.54, 1.807) is 0 Å². The highest BCUT2D eigenvalue weighted by molar-refractivity contribution is 6.33. The van der Waals surface area contributed by atoms with Gasteiger partial charge in [-0.25, -0.2) is 4.39 Å². The van der Waals surface area contributed by atoms with Crippen molar-refractivity contribution in [2.45, 2.75) is 0 Å². The molecule has 0 saturated carbocycles. The molecule has 1 nitrogen and oxygen atoms in total. The van der Waals surface area contributed by atoms with E-state index in [1.807, 2.05) is 0 Å². The second kappa shape index (κ2) is 2.23. The van der Waals surface area contributed by atoms with Crippen LogP contribution in [0.1, 0.15) is 0 Å². The Morgan fingerprint density at radius 1 is 1.67 bits per heavy atom. The molecule has 3 heteroatoms. The number of hydrogen-bond acceptors (Lipinski definition) is 1. The van der Waals surface area contributed by atoms with E-state index in [-0.39, 0.29) is 10.7 Å². The van der Waals surface area contributed by atoms with Crippen molar-refractivity contribution in [2.75, 3.05) is 5.73 Å². The topological polar surface area (TPSA) is 26.0 Å². The largest absolute Gasteiger partial charge is 0.397 e. The fourth-order valence-electron chi connectivity index (χ4n) is 0.470. The highest BCUT2D eigenvalue weighted by Crippen LogP contribution is 2.19. The molecular weight excluding hydrogens is 141 g/mol. The molecule has 0 atom stereocenters. The van der Waals surface area contributed by atoms with Gasteiger partial charge in [0.15, 0.2) is 0 Å². The molecular formula is C6H4ClFN. The average Bonchev–Trinajstić information content (AvgIpc) is 1.83. The zero-order chi connectivity index (χ0) is 6.85. The number of benzene rings is 1. The molecule has 9 heavy (non-hydrogen) atoms. The lowest BCUT2D eigenvalue weighted by Gasteiger charge is -1.94. The quantitative estimate of drug-likeness (QED) is 0.553. The van der Waals surface area contributed by atoms with E-state index < -0.39 is 5.82 Å². The summed E-state index contributed by atoms with van der Waals surface area (Å²) >= 11 is 5.35. The Balaban J connectivity index is 3.25. The molecule has 0 unspecified atom stereocenters. The summed E-state index contributed by atoms with van der Waals surface area (Å²) in [4.78, 5) is 0. The first-order valence-electron chi connectivity index (χ1n) is 2.33. The number of halogens is 2. The molecule has 1 aromatic rings. The van der Waals surface area contributed by atoms with Crippen LogP contribution in [0.3, 0.4) is 0 Å². The Morgan fingerprint density at radius 2 is 2.33 bits per heavy atom. The van der Waals surface area contributed by atoms with Crippen LogP contribution in [0.5, 0.6) is 0 Å². The third kappa shape index (κ3) is 1.13. The van der Waals surface area contributed by atoms with E-state index in [0.29, 0.717) is 0 Å². The number of hydrogen-bond donors (Lipinski definition) is 1. The van der Waals surface area contributed by atoms with Crippen LogP contribution in [0.15, 0.2) is 12.1 Å². The van der Waals surface area contributed by atoms with Gasteiger partial charge in [0.05, 0.1) is 10.7 Å². The van der Waals surface area contributed by atoms with Crippen molar-refractivity contribution in [1.82, 2.24) is 0 Å². The SMILES string of the molecule is Nc1[c]ccc(F)c1Cl. The van der Waals surface area contributed by atoms with Gasteiger partial charge in [-0.2, -0.15) is 0 Å². The summed E-state index contributed by atoms with van der Waals surface area (Å²) in [6.45, 7) is 0. The van der Waals surface area contributed by atoms with Gasteiger partial charge in [-0.1, -0.05) is 11.6 Å². The van der Waals surface area contributed by atoms with Crippen LogP contribution in [0.2, 0.25) is 5.02 Å². The first-order chi connectivity index (χ1) is 4.22. The van der Waals surface area contributed by atoms with Crippen molar-refractivity contribution in [3.05, 3.63) is 29.0 Å². The molecule has 47 valence electrons. The predicted octanol–water partition coefficient (Wildman–Crippen LogP) is 1.86. The minimum atomic E-state index is -0.507. The maximum Gasteiger partial charge on any atom is 0.143 e. The van der Waals surface area contributed by atoms with Crippen LogP contribution in [-0.4, -0.2) is 0 Å². The van der Waals surface area contributed by atoms with Crippen molar-refractivity contribution in [2.24, 2.45) is 0 Å². The Labute approximate surface area is 57.2 Å². The number of nitrogen functional groups attached to an aromatic ring is 1. The van der Waals surface area contributed by atoms with Crippen LogP contribution in [-0.2, 0) is 0 Å². The first-order valence-corrected chi connectivity index (χ1v) is 2.71. The highest BCUT2D eigenvalue weighted by Gasteiger charge is 1.99. The summed E-state index contributed by atoms with van der Waals surface area (Å²) < 4.78 is 12.3. The Bertz CT molecular complexity index is 204. The lowest BCUT2D eigenvalue weighted by Crippen LogP contribution is -1.87. The minimum Gasteiger partial charge on any atom is -0.397 e. The van der Waals surface area contributed by atoms with Crippen LogP contribution >= 0.6 is 11.6 Å². The minimum absolute atomic E-state index is 0.0579. The molecule has 0 aliphatic carbocycles. The number of anilines is 1. The van der Waals surface area contributed by atoms with Gasteiger partial charge in [-0.15, -0.1) is 0 Å². The second-order valence-corrected chi connectivity index (χ2v) is 1.93. The van der Waals surface area contributed by atoms with Gasteiger partial charge in [0, 0.05) is 6.07 Å². The van der Waals surface area contributed by atoms with Crippen molar-refractivity contribution in [1.29, 1.82) is 0 Å². The van der Waals surface area contributed by atoms with Crippen molar-refractivity contribution < 1.29 is 4.39 Å². The van der Waals surface area contributed by atoms with E-state index in [4.69, 9.17) is 17.3 Å². The summed E-state index contributed by atoms with van der Waals surface area (Å²) in [6, 6.07) is 5.14. The standard InChI is InChI=1S/C6H4ClFN/c7-6-4(8)2-1-3-5(6)9/h1-2H,9H2. The van der Waals surface area contributed by atoms with Gasteiger partial charge in [-0.05, 0) is 12.1 Å². The smallest absolute Gasteiger partial charge is 0.143 e. The summed E-state index contributed by atoms with van der Waals surface area (Å²) in [7, 11) is 0. The summed E-state index contributed by atoms with van der Waals surface area (Å²) in [5.41, 5.74) is 5.34. The monoisotopic (exact) mass is 144 g/mol. The summed E-state index contributed by atoms with van der Waals surface area (Å²) in [6.07, 6.45) is 0. The van der Waals surface area contributed by atoms with Crippen LogP contribution in [0.25, 0.3) is 0 Å². The number of nitrogens with two attached hydrogens (primary N) is 1. The van der Waals surface area contributed by atoms with Gasteiger partial charge in [-0.3, -0.25) is 0 Å². The van der Waals surface area contributed by atoms with Crippen molar-refractivity contribution in [3.8, 4) is 0 Å². The molecule has 2 N–H and O–H groups in total. The lowest BCUT2D eigenvalue weighted by atomic mass is 10.3. The molecule has 0 amide bonds. The molecule has 0 heterocycles. The van der Waals surface area contributed by atoms with E-state index >= 15 is 0 Å². The molecule has 0 spiro atoms. The third-order valence-corrected chi connectivity index (χ3v) is 1.30. The molecule has 1 aromatic carbocycles. The Kier molecular flexibility index (Phi) is 1.58. The van der Waals surface area contributed by atoms with E-state index in [1.165, 1.54) is 12.1 Å². The number of rotatable bonds is 0. The predicted molar refractivity (Wildman–Crippen MR) is 34.7 cm³/mol. The molecule has 0 aliphatic heterocycles. The fourth-order valence-corrected chi connectivity index (χ4v) is 0.587. The van der Waals surface area contributed by atoms with Crippen LogP contribution in [0.4, 0.5) is 10.1 Å². The molecule has 0 aliphatic rings. The molecule has 1 rings (SSSR count). The van der Waals surface area contributed by atoms with Crippen LogP contribution < -0.4 is 5.73 Å². The van der Waals surface area contributed by atoms with Gasteiger partial charge in [0.1, 0.15) is 5.82 Å². The zero-order valence-corrected chi connectivity index (χ0v) is 5.24. The average molecular weight is 145 g/mol. The van der Waals surface area contributed by atoms with Gasteiger partial charge < -0.3 is 5.73 Å². The van der Waals surface area contributed by atoms with E-state index in [2.05, 4.69) is 6.07 Å². The molecule has 0 fully saturated rings. The Morgan fingerprint density at radius 3 is 2.78 bits per heavy atom. The normalized spacial score (nSPS) is 9.56. The Hall–Kier alpha value is -0.760. The highest BCUT2D eigenvalue weighted by atomic mass is 35.5. The van der Waals surface area contributed by atoms with Crippen molar-refractivity contribution in [3.63, 3.8) is 0 Å². The molecule has 1 radical (unpaired) electrons. The van der Waals surface area contributed by atoms with Crippen molar-refractivity contribution >= 4 is 17.3 Å². The van der Waals surface area contributed by atoms with Crippen LogP contribution in [0, 0.1) is 11.9 Å². The summed E-state index contributed by atoms with van der Waals surface area (Å²) in [5.74, 6) is -0.507. The van der Waals surface area contributed by atoms with E-state index in [0.717, 1.165) is 0 Å². The maximum absolute atomic E-state index is 12.3. The molecule has 0 bridgehead atoms. The van der Waals surface area contributed by atoms with Gasteiger partial charge in [0.25, 0.3) is 0 Å². The van der Waals surface area contributed by atoms with Gasteiger partial charge >= 0.3 is 0 Å². The zero-order valence-electron chi connectivity index (χ0n) is 4.49. The fraction of sp³-hybridized carbons (Fsp3) is 0. The molecule has 0 aromatic heterocycles. The molecule has 0 saturated heterocycles. The van der Waals surface area contributed by atoms with E-state index in [9.17, 15) is 4.39 Å².